The summed E-state index contributed by atoms with van der Waals surface area (Å²) in [5, 5.41) is 8.57. The Morgan fingerprint density at radius 1 is 1.36 bits per heavy atom. The first-order valence-corrected chi connectivity index (χ1v) is 7.09. The normalized spacial score (nSPS) is 10.5. The molecule has 0 aromatic heterocycles. The molecule has 1 aromatic carbocycles. The van der Waals surface area contributed by atoms with Gasteiger partial charge in [-0.3, -0.25) is 0 Å². The van der Waals surface area contributed by atoms with Crippen LogP contribution in [-0.2, 0) is 9.53 Å². The molecule has 0 unspecified atom stereocenters. The molecule has 0 spiro atoms. The summed E-state index contributed by atoms with van der Waals surface area (Å²) in [5.74, 6) is 1.11. The number of benzene rings is 1. The van der Waals surface area contributed by atoms with Crippen molar-refractivity contribution < 1.29 is 19.0 Å². The molecular weight excluding hydrogens is 282 g/mol. The van der Waals surface area contributed by atoms with Crippen molar-refractivity contribution in [2.75, 3.05) is 20.3 Å². The predicted octanol–water partition coefficient (Wildman–Crippen LogP) is 3.20. The Labute approximate surface area is 131 Å². The monoisotopic (exact) mass is 303 g/mol. The zero-order chi connectivity index (χ0) is 16.4. The first-order valence-electron chi connectivity index (χ1n) is 7.09. The molecule has 118 valence electrons. The summed E-state index contributed by atoms with van der Waals surface area (Å²) in [5.41, 5.74) is 0.759. The van der Waals surface area contributed by atoms with E-state index in [0.29, 0.717) is 24.0 Å². The molecule has 0 aliphatic rings. The molecular formula is C17H21NO4. The highest BCUT2D eigenvalue weighted by Crippen LogP contribution is 2.28. The molecule has 0 aliphatic carbocycles. The Balaban J connectivity index is 2.66. The van der Waals surface area contributed by atoms with Crippen molar-refractivity contribution >= 4 is 12.0 Å². The lowest BCUT2D eigenvalue weighted by Gasteiger charge is -2.08. The average molecular weight is 303 g/mol. The van der Waals surface area contributed by atoms with Gasteiger partial charge in [0.2, 0.25) is 0 Å². The van der Waals surface area contributed by atoms with Crippen LogP contribution in [0, 0.1) is 17.2 Å². The maximum Gasteiger partial charge on any atom is 0.330 e. The molecule has 5 nitrogen and oxygen atoms in total. The summed E-state index contributed by atoms with van der Waals surface area (Å²) >= 11 is 0. The fraction of sp³-hybridized carbons (Fsp3) is 0.412. The van der Waals surface area contributed by atoms with Crippen molar-refractivity contribution in [2.45, 2.75) is 20.3 Å². The van der Waals surface area contributed by atoms with Gasteiger partial charge in [0.15, 0.2) is 18.1 Å². The van der Waals surface area contributed by atoms with E-state index >= 15 is 0 Å². The molecule has 0 bridgehead atoms. The second kappa shape index (κ2) is 9.46. The summed E-state index contributed by atoms with van der Waals surface area (Å²) in [6.07, 6.45) is 3.85. The SMILES string of the molecule is COc1ccc(/C=C/C(=O)OCCC(C)C)cc1OCC#N. The van der Waals surface area contributed by atoms with Gasteiger partial charge in [0.25, 0.3) is 0 Å². The van der Waals surface area contributed by atoms with Gasteiger partial charge in [-0.05, 0) is 36.1 Å². The number of carbonyl (C=O) groups is 1. The minimum Gasteiger partial charge on any atom is -0.493 e. The van der Waals surface area contributed by atoms with Crippen LogP contribution in [0.5, 0.6) is 11.5 Å². The molecule has 0 saturated carbocycles. The number of esters is 1. The van der Waals surface area contributed by atoms with Crippen LogP contribution >= 0.6 is 0 Å². The third kappa shape index (κ3) is 6.31. The van der Waals surface area contributed by atoms with Crippen LogP contribution in [0.4, 0.5) is 0 Å². The van der Waals surface area contributed by atoms with Gasteiger partial charge in [-0.15, -0.1) is 0 Å². The number of rotatable bonds is 8. The van der Waals surface area contributed by atoms with Crippen molar-refractivity contribution in [1.82, 2.24) is 0 Å². The lowest BCUT2D eigenvalue weighted by Crippen LogP contribution is -2.04. The zero-order valence-corrected chi connectivity index (χ0v) is 13.2. The molecule has 0 radical (unpaired) electrons. The van der Waals surface area contributed by atoms with Gasteiger partial charge in [0.05, 0.1) is 13.7 Å². The van der Waals surface area contributed by atoms with Crippen molar-refractivity contribution in [1.29, 1.82) is 5.26 Å². The molecule has 0 aliphatic heterocycles. The minimum absolute atomic E-state index is 0.0687. The Morgan fingerprint density at radius 3 is 2.77 bits per heavy atom. The summed E-state index contributed by atoms with van der Waals surface area (Å²) in [7, 11) is 1.52. The van der Waals surface area contributed by atoms with E-state index in [1.54, 1.807) is 24.3 Å². The van der Waals surface area contributed by atoms with Crippen LogP contribution in [0.1, 0.15) is 25.8 Å². The highest BCUT2D eigenvalue weighted by atomic mass is 16.5. The number of carbonyl (C=O) groups excluding carboxylic acids is 1. The van der Waals surface area contributed by atoms with Gasteiger partial charge in [-0.1, -0.05) is 19.9 Å². The number of nitriles is 1. The molecule has 0 saturated heterocycles. The fourth-order valence-corrected chi connectivity index (χ4v) is 1.63. The van der Waals surface area contributed by atoms with E-state index in [4.69, 9.17) is 19.5 Å². The Hall–Kier alpha value is -2.48. The standard InChI is InChI=1S/C17H21NO4/c1-13(2)8-10-22-17(19)7-5-14-4-6-15(20-3)16(12-14)21-11-9-18/h4-7,12-13H,8,10-11H2,1-3H3/b7-5+. The maximum absolute atomic E-state index is 11.6. The van der Waals surface area contributed by atoms with E-state index in [2.05, 4.69) is 13.8 Å². The van der Waals surface area contributed by atoms with E-state index in [0.717, 1.165) is 12.0 Å². The van der Waals surface area contributed by atoms with Crippen LogP contribution in [0.2, 0.25) is 0 Å². The van der Waals surface area contributed by atoms with Crippen LogP contribution in [0.15, 0.2) is 24.3 Å². The number of hydrogen-bond acceptors (Lipinski definition) is 5. The summed E-state index contributed by atoms with van der Waals surface area (Å²) in [6, 6.07) is 7.11. The summed E-state index contributed by atoms with van der Waals surface area (Å²) < 4.78 is 15.5. The first kappa shape index (κ1) is 17.6. The predicted molar refractivity (Wildman–Crippen MR) is 83.6 cm³/mol. The van der Waals surface area contributed by atoms with E-state index in [-0.39, 0.29) is 12.6 Å². The molecule has 0 fully saturated rings. The minimum atomic E-state index is -0.379. The van der Waals surface area contributed by atoms with Crippen molar-refractivity contribution in [3.05, 3.63) is 29.8 Å². The third-order valence-corrected chi connectivity index (χ3v) is 2.83. The molecule has 22 heavy (non-hydrogen) atoms. The topological polar surface area (TPSA) is 68.6 Å². The van der Waals surface area contributed by atoms with Crippen molar-refractivity contribution in [3.63, 3.8) is 0 Å². The molecule has 1 aromatic rings. The number of methoxy groups -OCH3 is 1. The lowest BCUT2D eigenvalue weighted by molar-refractivity contribution is -0.137. The largest absolute Gasteiger partial charge is 0.493 e. The van der Waals surface area contributed by atoms with Gasteiger partial charge < -0.3 is 14.2 Å². The third-order valence-electron chi connectivity index (χ3n) is 2.83. The zero-order valence-electron chi connectivity index (χ0n) is 13.2. The van der Waals surface area contributed by atoms with Gasteiger partial charge >= 0.3 is 5.97 Å². The van der Waals surface area contributed by atoms with Gasteiger partial charge in [0.1, 0.15) is 6.07 Å². The molecule has 5 heteroatoms. The fourth-order valence-electron chi connectivity index (χ4n) is 1.63. The molecule has 1 rings (SSSR count). The quantitative estimate of drug-likeness (QED) is 0.545. The summed E-state index contributed by atoms with van der Waals surface area (Å²) in [4.78, 5) is 11.6. The Morgan fingerprint density at radius 2 is 2.14 bits per heavy atom. The van der Waals surface area contributed by atoms with E-state index in [1.165, 1.54) is 13.2 Å². The van der Waals surface area contributed by atoms with Crippen LogP contribution in [0.25, 0.3) is 6.08 Å². The molecule has 0 heterocycles. The highest BCUT2D eigenvalue weighted by Gasteiger charge is 2.05. The van der Waals surface area contributed by atoms with E-state index < -0.39 is 0 Å². The lowest BCUT2D eigenvalue weighted by atomic mass is 10.1. The second-order valence-corrected chi connectivity index (χ2v) is 5.04. The number of hydrogen-bond donors (Lipinski definition) is 0. The highest BCUT2D eigenvalue weighted by molar-refractivity contribution is 5.87. The van der Waals surface area contributed by atoms with Gasteiger partial charge in [-0.2, -0.15) is 5.26 Å². The first-order chi connectivity index (χ1) is 10.6. The molecule has 0 N–H and O–H groups in total. The van der Waals surface area contributed by atoms with Crippen LogP contribution in [-0.4, -0.2) is 26.3 Å². The number of nitrogens with zero attached hydrogens (tertiary/aromatic N) is 1. The van der Waals surface area contributed by atoms with Gasteiger partial charge in [-0.25, -0.2) is 4.79 Å². The van der Waals surface area contributed by atoms with Crippen LogP contribution < -0.4 is 9.47 Å². The average Bonchev–Trinajstić information content (AvgIpc) is 2.50. The maximum atomic E-state index is 11.6. The van der Waals surface area contributed by atoms with Gasteiger partial charge in [0, 0.05) is 6.08 Å². The van der Waals surface area contributed by atoms with Crippen LogP contribution in [0.3, 0.4) is 0 Å². The van der Waals surface area contributed by atoms with Crippen molar-refractivity contribution in [3.8, 4) is 17.6 Å². The van der Waals surface area contributed by atoms with E-state index in [1.807, 2.05) is 6.07 Å². The summed E-state index contributed by atoms with van der Waals surface area (Å²) in [6.45, 7) is 4.49. The van der Waals surface area contributed by atoms with E-state index in [9.17, 15) is 4.79 Å². The molecule has 0 amide bonds. The Bertz CT molecular complexity index is 558. The molecule has 0 atom stereocenters. The smallest absolute Gasteiger partial charge is 0.330 e. The Kier molecular flexibility index (Phi) is 7.55. The van der Waals surface area contributed by atoms with Crippen molar-refractivity contribution in [2.24, 2.45) is 5.92 Å². The number of ether oxygens (including phenoxy) is 3. The second-order valence-electron chi connectivity index (χ2n) is 5.04.